The summed E-state index contributed by atoms with van der Waals surface area (Å²) in [5, 5.41) is 0. The van der Waals surface area contributed by atoms with E-state index < -0.39 is 9.05 Å². The zero-order valence-corrected chi connectivity index (χ0v) is 13.5. The first-order valence-corrected chi connectivity index (χ1v) is 8.82. The maximum Gasteiger partial charge on any atom is 0.261 e. The molecule has 5 heteroatoms. The molecule has 3 nitrogen and oxygen atoms in total. The van der Waals surface area contributed by atoms with Gasteiger partial charge in [-0.2, -0.15) is 0 Å². The van der Waals surface area contributed by atoms with Gasteiger partial charge in [-0.15, -0.1) is 11.8 Å². The molecule has 1 aromatic carbocycles. The molecule has 1 unspecified atom stereocenters. The normalized spacial score (nSPS) is 12.4. The fraction of sp³-hybridized carbons (Fsp3) is 0.467. The average molecular weight is 315 g/mol. The molecule has 0 saturated carbocycles. The highest BCUT2D eigenvalue weighted by molar-refractivity contribution is 8.13. The van der Waals surface area contributed by atoms with Gasteiger partial charge >= 0.3 is 0 Å². The van der Waals surface area contributed by atoms with E-state index in [4.69, 9.17) is 15.4 Å². The van der Waals surface area contributed by atoms with Gasteiger partial charge in [0.25, 0.3) is 9.05 Å². The summed E-state index contributed by atoms with van der Waals surface area (Å²) < 4.78 is 28.5. The lowest BCUT2D eigenvalue weighted by Gasteiger charge is -2.16. The molecule has 0 aromatic heterocycles. The van der Waals surface area contributed by atoms with Gasteiger partial charge in [0.15, 0.2) is 0 Å². The van der Waals surface area contributed by atoms with Gasteiger partial charge in [0.1, 0.15) is 5.75 Å². The van der Waals surface area contributed by atoms with Crippen LogP contribution >= 0.6 is 10.7 Å². The molecular formula is C15H19ClO3S. The van der Waals surface area contributed by atoms with Crippen molar-refractivity contribution in [1.82, 2.24) is 0 Å². The highest BCUT2D eigenvalue weighted by Gasteiger charge is 2.16. The van der Waals surface area contributed by atoms with Crippen molar-refractivity contribution in [3.63, 3.8) is 0 Å². The van der Waals surface area contributed by atoms with Gasteiger partial charge in [-0.05, 0) is 43.0 Å². The summed E-state index contributed by atoms with van der Waals surface area (Å²) in [5.41, 5.74) is 0.860. The molecule has 0 heterocycles. The van der Waals surface area contributed by atoms with Crippen molar-refractivity contribution < 1.29 is 13.2 Å². The van der Waals surface area contributed by atoms with Gasteiger partial charge in [0.05, 0.1) is 11.5 Å². The molecule has 0 aliphatic rings. The molecule has 0 spiro atoms. The van der Waals surface area contributed by atoms with Crippen LogP contribution in [0.4, 0.5) is 0 Å². The minimum Gasteiger partial charge on any atom is -0.492 e. The molecule has 0 aliphatic carbocycles. The predicted molar refractivity (Wildman–Crippen MR) is 81.7 cm³/mol. The van der Waals surface area contributed by atoms with Crippen LogP contribution in [0.1, 0.15) is 45.1 Å². The van der Waals surface area contributed by atoms with E-state index in [1.807, 2.05) is 13.8 Å². The number of hydrogen-bond donors (Lipinski definition) is 0. The van der Waals surface area contributed by atoms with Crippen molar-refractivity contribution in [3.05, 3.63) is 23.8 Å². The van der Waals surface area contributed by atoms with Crippen LogP contribution in [0.2, 0.25) is 0 Å². The summed E-state index contributed by atoms with van der Waals surface area (Å²) in [5.74, 6) is 6.62. The van der Waals surface area contributed by atoms with Crippen LogP contribution in [0.3, 0.4) is 0 Å². The minimum absolute atomic E-state index is 0.107. The maximum atomic E-state index is 11.4. The Balaban J connectivity index is 3.06. The number of rotatable bonds is 6. The van der Waals surface area contributed by atoms with Crippen LogP contribution in [0.15, 0.2) is 23.1 Å². The zero-order chi connectivity index (χ0) is 15.2. The summed E-state index contributed by atoms with van der Waals surface area (Å²) in [6.07, 6.45) is 1.53. The Kier molecular flexibility index (Phi) is 6.38. The first-order valence-electron chi connectivity index (χ1n) is 6.51. The molecule has 0 N–H and O–H groups in total. The summed E-state index contributed by atoms with van der Waals surface area (Å²) >= 11 is 0. The van der Waals surface area contributed by atoms with E-state index in [1.165, 1.54) is 6.07 Å². The van der Waals surface area contributed by atoms with Gasteiger partial charge in [-0.3, -0.25) is 0 Å². The van der Waals surface area contributed by atoms with Crippen molar-refractivity contribution in [3.8, 4) is 17.6 Å². The lowest BCUT2D eigenvalue weighted by molar-refractivity contribution is 0.321. The molecule has 1 atom stereocenters. The molecule has 20 heavy (non-hydrogen) atoms. The SMILES string of the molecule is CC#CCCOc1ccc(S(=O)(=O)Cl)cc1C(C)CC. The minimum atomic E-state index is -3.72. The van der Waals surface area contributed by atoms with E-state index in [9.17, 15) is 8.42 Å². The standard InChI is InChI=1S/C15H19ClO3S/c1-4-6-7-10-19-15-9-8-13(20(16,17)18)11-14(15)12(3)5-2/h8-9,11-12H,5,7,10H2,1-3H3. The van der Waals surface area contributed by atoms with Crippen LogP contribution in [0, 0.1) is 11.8 Å². The topological polar surface area (TPSA) is 43.4 Å². The number of hydrogen-bond acceptors (Lipinski definition) is 3. The second-order valence-electron chi connectivity index (χ2n) is 4.47. The van der Waals surface area contributed by atoms with Crippen LogP contribution in [-0.4, -0.2) is 15.0 Å². The van der Waals surface area contributed by atoms with Crippen molar-refractivity contribution in [2.45, 2.75) is 44.4 Å². The van der Waals surface area contributed by atoms with E-state index in [1.54, 1.807) is 19.1 Å². The molecule has 0 aliphatic heterocycles. The third-order valence-corrected chi connectivity index (χ3v) is 4.42. The highest BCUT2D eigenvalue weighted by atomic mass is 35.7. The molecule has 0 amide bonds. The fourth-order valence-electron chi connectivity index (χ4n) is 1.75. The predicted octanol–water partition coefficient (Wildman–Crippen LogP) is 3.92. The summed E-state index contributed by atoms with van der Waals surface area (Å²) in [6, 6.07) is 4.72. The van der Waals surface area contributed by atoms with Crippen molar-refractivity contribution in [2.24, 2.45) is 0 Å². The Labute approximate surface area is 125 Å². The van der Waals surface area contributed by atoms with E-state index in [-0.39, 0.29) is 10.8 Å². The Bertz CT molecular complexity index is 612. The van der Waals surface area contributed by atoms with Crippen LogP contribution in [-0.2, 0) is 9.05 Å². The Morgan fingerprint density at radius 1 is 1.40 bits per heavy atom. The first-order chi connectivity index (χ1) is 9.40. The molecule has 0 fully saturated rings. The first kappa shape index (κ1) is 16.9. The van der Waals surface area contributed by atoms with Crippen LogP contribution in [0.25, 0.3) is 0 Å². The summed E-state index contributed by atoms with van der Waals surface area (Å²) in [6.45, 7) is 6.33. The van der Waals surface area contributed by atoms with Gasteiger partial charge in [0, 0.05) is 17.1 Å². The highest BCUT2D eigenvalue weighted by Crippen LogP contribution is 2.32. The molecule has 1 rings (SSSR count). The molecular weight excluding hydrogens is 296 g/mol. The Hall–Kier alpha value is -1.18. The lowest BCUT2D eigenvalue weighted by Crippen LogP contribution is -2.03. The molecule has 0 saturated heterocycles. The lowest BCUT2D eigenvalue weighted by atomic mass is 9.98. The Morgan fingerprint density at radius 2 is 2.10 bits per heavy atom. The number of ether oxygens (including phenoxy) is 1. The summed E-state index contributed by atoms with van der Waals surface area (Å²) in [7, 11) is 1.67. The fourth-order valence-corrected chi connectivity index (χ4v) is 2.54. The van der Waals surface area contributed by atoms with Crippen molar-refractivity contribution in [2.75, 3.05) is 6.61 Å². The molecule has 110 valence electrons. The third kappa shape index (κ3) is 4.73. The summed E-state index contributed by atoms with van der Waals surface area (Å²) in [4.78, 5) is 0.107. The van der Waals surface area contributed by atoms with Crippen LogP contribution < -0.4 is 4.74 Å². The van der Waals surface area contributed by atoms with E-state index in [0.717, 1.165) is 12.0 Å². The second-order valence-corrected chi connectivity index (χ2v) is 7.04. The molecule has 0 radical (unpaired) electrons. The van der Waals surface area contributed by atoms with Crippen LogP contribution in [0.5, 0.6) is 5.75 Å². The molecule has 1 aromatic rings. The molecule has 0 bridgehead atoms. The smallest absolute Gasteiger partial charge is 0.261 e. The number of halogens is 1. The maximum absolute atomic E-state index is 11.4. The Morgan fingerprint density at radius 3 is 2.65 bits per heavy atom. The van der Waals surface area contributed by atoms with Gasteiger partial charge in [0.2, 0.25) is 0 Å². The van der Waals surface area contributed by atoms with E-state index >= 15 is 0 Å². The largest absolute Gasteiger partial charge is 0.492 e. The zero-order valence-electron chi connectivity index (χ0n) is 11.9. The van der Waals surface area contributed by atoms with E-state index in [0.29, 0.717) is 18.8 Å². The van der Waals surface area contributed by atoms with E-state index in [2.05, 4.69) is 11.8 Å². The average Bonchev–Trinajstić information content (AvgIpc) is 2.41. The van der Waals surface area contributed by atoms with Crippen molar-refractivity contribution >= 4 is 19.7 Å². The van der Waals surface area contributed by atoms with Gasteiger partial charge in [-0.1, -0.05) is 13.8 Å². The second kappa shape index (κ2) is 7.56. The van der Waals surface area contributed by atoms with Gasteiger partial charge in [-0.25, -0.2) is 8.42 Å². The quantitative estimate of drug-likeness (QED) is 0.454. The number of benzene rings is 1. The van der Waals surface area contributed by atoms with Gasteiger partial charge < -0.3 is 4.74 Å². The third-order valence-electron chi connectivity index (χ3n) is 3.07. The monoisotopic (exact) mass is 314 g/mol. The van der Waals surface area contributed by atoms with Crippen molar-refractivity contribution in [1.29, 1.82) is 0 Å².